The summed E-state index contributed by atoms with van der Waals surface area (Å²) in [4.78, 5) is 25.3. The lowest BCUT2D eigenvalue weighted by Crippen LogP contribution is -2.38. The zero-order valence-corrected chi connectivity index (χ0v) is 18.6. The Morgan fingerprint density at radius 3 is 2.62 bits per heavy atom. The fourth-order valence-electron chi connectivity index (χ4n) is 3.49. The summed E-state index contributed by atoms with van der Waals surface area (Å²) in [5.74, 6) is -1.05. The molecular weight excluding hydrogens is 464 g/mol. The number of ether oxygens (including phenoxy) is 2. The molecule has 1 fully saturated rings. The molecule has 3 aromatic rings. The smallest absolute Gasteiger partial charge is 0.271 e. The first kappa shape index (κ1) is 23.2. The third-order valence-corrected chi connectivity index (χ3v) is 5.48. The first-order chi connectivity index (χ1) is 16.5. The molecule has 1 saturated heterocycles. The number of anilines is 1. The van der Waals surface area contributed by atoms with Crippen LogP contribution in [0.5, 0.6) is 5.75 Å². The molecular formula is C22H19ClN6O5. The minimum atomic E-state index is -1.26. The summed E-state index contributed by atoms with van der Waals surface area (Å²) < 4.78 is 12.6. The van der Waals surface area contributed by atoms with Crippen molar-refractivity contribution in [3.05, 3.63) is 69.5 Å². The number of non-ortho nitro benzene ring substituents is 1. The van der Waals surface area contributed by atoms with Crippen molar-refractivity contribution in [1.29, 1.82) is 5.26 Å². The third-order valence-electron chi connectivity index (χ3n) is 5.18. The lowest BCUT2D eigenvalue weighted by atomic mass is 10.1. The fourth-order valence-corrected chi connectivity index (χ4v) is 3.72. The van der Waals surface area contributed by atoms with Crippen molar-refractivity contribution in [3.63, 3.8) is 0 Å². The average molecular weight is 483 g/mol. The van der Waals surface area contributed by atoms with Crippen molar-refractivity contribution in [2.24, 2.45) is 0 Å². The summed E-state index contributed by atoms with van der Waals surface area (Å²) in [7, 11) is 0. The van der Waals surface area contributed by atoms with Crippen LogP contribution in [0, 0.1) is 21.4 Å². The van der Waals surface area contributed by atoms with E-state index in [1.165, 1.54) is 12.1 Å². The molecule has 1 atom stereocenters. The monoisotopic (exact) mass is 482 g/mol. The number of hydrogen-bond acceptors (Lipinski definition) is 9. The first-order valence-electron chi connectivity index (χ1n) is 10.3. The Kier molecular flexibility index (Phi) is 7.01. The number of nitrogens with zero attached hydrogens (tertiary/aromatic N) is 6. The van der Waals surface area contributed by atoms with Gasteiger partial charge in [-0.2, -0.15) is 5.26 Å². The molecule has 0 spiro atoms. The molecule has 0 unspecified atom stereocenters. The van der Waals surface area contributed by atoms with Crippen LogP contribution in [0.2, 0.25) is 5.02 Å². The van der Waals surface area contributed by atoms with E-state index in [2.05, 4.69) is 10.2 Å². The molecule has 4 rings (SSSR count). The molecule has 2 aromatic carbocycles. The largest absolute Gasteiger partial charge is 0.484 e. The van der Waals surface area contributed by atoms with Crippen LogP contribution in [0.1, 0.15) is 11.7 Å². The molecule has 1 aliphatic rings. The minimum absolute atomic E-state index is 0.0161. The highest BCUT2D eigenvalue weighted by Crippen LogP contribution is 2.30. The lowest BCUT2D eigenvalue weighted by Gasteiger charge is -2.28. The van der Waals surface area contributed by atoms with E-state index in [0.717, 1.165) is 6.07 Å². The second-order valence-corrected chi connectivity index (χ2v) is 7.72. The molecule has 1 aliphatic heterocycles. The Hall–Kier alpha value is -4.01. The van der Waals surface area contributed by atoms with E-state index < -0.39 is 23.2 Å². The fraction of sp³-hybridized carbons (Fsp3) is 0.273. The molecule has 12 heteroatoms. The first-order valence-corrected chi connectivity index (χ1v) is 10.7. The zero-order chi connectivity index (χ0) is 24.1. The molecule has 0 saturated carbocycles. The van der Waals surface area contributed by atoms with Gasteiger partial charge in [0.25, 0.3) is 5.69 Å². The van der Waals surface area contributed by atoms with Gasteiger partial charge in [-0.15, -0.1) is 10.2 Å². The van der Waals surface area contributed by atoms with E-state index in [1.54, 1.807) is 4.57 Å². The maximum atomic E-state index is 13.0. The minimum Gasteiger partial charge on any atom is -0.484 e. The summed E-state index contributed by atoms with van der Waals surface area (Å²) in [6, 6.07) is 14.9. The van der Waals surface area contributed by atoms with E-state index >= 15 is 0 Å². The van der Waals surface area contributed by atoms with Gasteiger partial charge in [-0.25, -0.2) is 0 Å². The number of morpholine rings is 1. The number of nitro benzene ring substituents is 1. The van der Waals surface area contributed by atoms with Crippen LogP contribution in [0.3, 0.4) is 0 Å². The lowest BCUT2D eigenvalue weighted by molar-refractivity contribution is -0.384. The van der Waals surface area contributed by atoms with Gasteiger partial charge in [0, 0.05) is 25.2 Å². The highest BCUT2D eigenvalue weighted by atomic mass is 35.5. The number of benzene rings is 2. The van der Waals surface area contributed by atoms with Gasteiger partial charge >= 0.3 is 0 Å². The third kappa shape index (κ3) is 4.83. The number of carbonyl (C=O) groups excluding carboxylic acids is 1. The number of para-hydroxylation sites is 1. The predicted octanol–water partition coefficient (Wildman–Crippen LogP) is 2.92. The number of halogens is 1. The number of aromatic nitrogens is 3. The Labute approximate surface area is 199 Å². The van der Waals surface area contributed by atoms with Crippen LogP contribution in [0.25, 0.3) is 5.69 Å². The Bertz CT molecular complexity index is 1240. The summed E-state index contributed by atoms with van der Waals surface area (Å²) >= 11 is 6.03. The van der Waals surface area contributed by atoms with E-state index in [-0.39, 0.29) is 22.3 Å². The zero-order valence-electron chi connectivity index (χ0n) is 17.8. The summed E-state index contributed by atoms with van der Waals surface area (Å²) in [6.45, 7) is 1.77. The Balaban J connectivity index is 1.61. The van der Waals surface area contributed by atoms with E-state index in [9.17, 15) is 20.2 Å². The number of rotatable bonds is 8. The van der Waals surface area contributed by atoms with Crippen LogP contribution in [-0.2, 0) is 9.53 Å². The highest BCUT2D eigenvalue weighted by Gasteiger charge is 2.31. The van der Waals surface area contributed by atoms with E-state index in [1.807, 2.05) is 41.3 Å². The van der Waals surface area contributed by atoms with Gasteiger partial charge in [0.2, 0.25) is 5.95 Å². The number of Topliss-reactive ketones (excluding diaryl/α,β-unsaturated/α-hetero) is 1. The SMILES string of the molecule is N#C[C@H](C(=O)COc1ccc([N+](=O)[O-])cc1Cl)c1nnc(N2CCOCC2)n1-c1ccccc1. The van der Waals surface area contributed by atoms with Crippen molar-refractivity contribution in [3.8, 4) is 17.5 Å². The number of ketones is 1. The van der Waals surface area contributed by atoms with Crippen LogP contribution in [-0.4, -0.2) is 58.4 Å². The molecule has 2 heterocycles. The van der Waals surface area contributed by atoms with E-state index in [0.29, 0.717) is 37.9 Å². The second-order valence-electron chi connectivity index (χ2n) is 7.32. The number of nitro groups is 1. The Morgan fingerprint density at radius 1 is 1.24 bits per heavy atom. The topological polar surface area (TPSA) is 136 Å². The molecule has 0 radical (unpaired) electrons. The van der Waals surface area contributed by atoms with Crippen molar-refractivity contribution >= 4 is 29.0 Å². The highest BCUT2D eigenvalue weighted by molar-refractivity contribution is 6.32. The molecule has 1 aromatic heterocycles. The van der Waals surface area contributed by atoms with Crippen molar-refractivity contribution in [2.45, 2.75) is 5.92 Å². The maximum absolute atomic E-state index is 13.0. The standard InChI is InChI=1S/C22H19ClN6O5/c23-18-12-16(29(31)32)6-7-20(18)34-14-19(30)17(13-24)21-25-26-22(27-8-10-33-11-9-27)28(21)15-4-2-1-3-5-15/h1-7,12,17H,8-11,14H2/t17-/m1/s1. The van der Waals surface area contributed by atoms with Crippen molar-refractivity contribution in [1.82, 2.24) is 14.8 Å². The quantitative estimate of drug-likeness (QED) is 0.350. The molecule has 174 valence electrons. The molecule has 0 bridgehead atoms. The average Bonchev–Trinajstić information content (AvgIpc) is 3.29. The van der Waals surface area contributed by atoms with Crippen LogP contribution in [0.15, 0.2) is 48.5 Å². The van der Waals surface area contributed by atoms with Crippen LogP contribution in [0.4, 0.5) is 11.6 Å². The van der Waals surface area contributed by atoms with E-state index in [4.69, 9.17) is 21.1 Å². The maximum Gasteiger partial charge on any atom is 0.271 e. The van der Waals surface area contributed by atoms with Gasteiger partial charge in [0.15, 0.2) is 17.5 Å². The number of nitriles is 1. The molecule has 0 amide bonds. The molecule has 34 heavy (non-hydrogen) atoms. The number of hydrogen-bond donors (Lipinski definition) is 0. The summed E-state index contributed by atoms with van der Waals surface area (Å²) in [5, 5.41) is 29.2. The normalized spacial score (nSPS) is 14.3. The number of carbonyl (C=O) groups is 1. The Morgan fingerprint density at radius 2 is 1.97 bits per heavy atom. The van der Waals surface area contributed by atoms with Crippen LogP contribution >= 0.6 is 11.6 Å². The van der Waals surface area contributed by atoms with Crippen molar-refractivity contribution in [2.75, 3.05) is 37.8 Å². The van der Waals surface area contributed by atoms with Gasteiger partial charge in [0.05, 0.1) is 34.9 Å². The van der Waals surface area contributed by atoms with Crippen molar-refractivity contribution < 1.29 is 19.2 Å². The second kappa shape index (κ2) is 10.3. The summed E-state index contributed by atoms with van der Waals surface area (Å²) in [6.07, 6.45) is 0. The molecule has 0 N–H and O–H groups in total. The van der Waals surface area contributed by atoms with Gasteiger partial charge in [-0.1, -0.05) is 29.8 Å². The van der Waals surface area contributed by atoms with Gasteiger partial charge in [-0.05, 0) is 18.2 Å². The summed E-state index contributed by atoms with van der Waals surface area (Å²) in [5.41, 5.74) is 0.501. The van der Waals surface area contributed by atoms with Crippen LogP contribution < -0.4 is 9.64 Å². The molecule has 0 aliphatic carbocycles. The van der Waals surface area contributed by atoms with Gasteiger partial charge in [0.1, 0.15) is 12.4 Å². The molecule has 11 nitrogen and oxygen atoms in total. The van der Waals surface area contributed by atoms with Gasteiger partial charge in [-0.3, -0.25) is 19.5 Å². The predicted molar refractivity (Wildman–Crippen MR) is 121 cm³/mol. The van der Waals surface area contributed by atoms with Gasteiger partial charge < -0.3 is 14.4 Å².